The molecular formula is C11H15N3O. The summed E-state index contributed by atoms with van der Waals surface area (Å²) in [5.74, 6) is -0.0463. The van der Waals surface area contributed by atoms with Crippen molar-refractivity contribution in [1.29, 1.82) is 0 Å². The van der Waals surface area contributed by atoms with Crippen LogP contribution in [0, 0.1) is 0 Å². The van der Waals surface area contributed by atoms with E-state index in [1.807, 2.05) is 0 Å². The third-order valence-corrected chi connectivity index (χ3v) is 2.59. The van der Waals surface area contributed by atoms with Gasteiger partial charge in [0.05, 0.1) is 12.2 Å². The highest BCUT2D eigenvalue weighted by Crippen LogP contribution is 2.05. The Morgan fingerprint density at radius 1 is 1.47 bits per heavy atom. The number of rotatable bonds is 3. The summed E-state index contributed by atoms with van der Waals surface area (Å²) in [7, 11) is 0. The van der Waals surface area contributed by atoms with E-state index >= 15 is 0 Å². The summed E-state index contributed by atoms with van der Waals surface area (Å²) in [4.78, 5) is 17.8. The quantitative estimate of drug-likeness (QED) is 0.796. The van der Waals surface area contributed by atoms with E-state index in [0.717, 1.165) is 13.1 Å². The van der Waals surface area contributed by atoms with Crippen molar-refractivity contribution in [3.63, 3.8) is 0 Å². The predicted octanol–water partition coefficient (Wildman–Crippen LogP) is 0.865. The number of likely N-dealkylation sites (tertiary alicyclic amines) is 1. The van der Waals surface area contributed by atoms with Gasteiger partial charge in [-0.2, -0.15) is 0 Å². The van der Waals surface area contributed by atoms with Crippen LogP contribution in [0.5, 0.6) is 0 Å². The maximum absolute atomic E-state index is 11.6. The minimum Gasteiger partial charge on any atom is -0.339 e. The van der Waals surface area contributed by atoms with Crippen LogP contribution in [0.2, 0.25) is 0 Å². The molecule has 4 heteroatoms. The second-order valence-electron chi connectivity index (χ2n) is 3.73. The molecule has 0 unspecified atom stereocenters. The van der Waals surface area contributed by atoms with Crippen LogP contribution in [0.25, 0.3) is 0 Å². The van der Waals surface area contributed by atoms with Crippen LogP contribution in [-0.2, 0) is 0 Å². The molecule has 15 heavy (non-hydrogen) atoms. The first-order valence-corrected chi connectivity index (χ1v) is 5.27. The predicted molar refractivity (Wildman–Crippen MR) is 57.4 cm³/mol. The van der Waals surface area contributed by atoms with E-state index in [4.69, 9.17) is 0 Å². The largest absolute Gasteiger partial charge is 0.339 e. The molecule has 1 aromatic rings. The van der Waals surface area contributed by atoms with Crippen molar-refractivity contribution < 1.29 is 4.79 Å². The van der Waals surface area contributed by atoms with E-state index < -0.39 is 0 Å². The molecule has 0 atom stereocenters. The molecular weight excluding hydrogens is 190 g/mol. The number of hydrogen-bond acceptors (Lipinski definition) is 3. The minimum atomic E-state index is -0.0463. The Morgan fingerprint density at radius 3 is 2.93 bits per heavy atom. The zero-order valence-electron chi connectivity index (χ0n) is 8.65. The van der Waals surface area contributed by atoms with E-state index in [0.29, 0.717) is 12.2 Å². The SMILES string of the molecule is O=C(NCN1CCCC1)c1cccnc1. The molecule has 1 aromatic heterocycles. The number of carbonyl (C=O) groups is 1. The van der Waals surface area contributed by atoms with Gasteiger partial charge in [-0.1, -0.05) is 0 Å². The van der Waals surface area contributed by atoms with Gasteiger partial charge in [0.25, 0.3) is 5.91 Å². The average Bonchev–Trinajstić information content (AvgIpc) is 2.80. The van der Waals surface area contributed by atoms with Gasteiger partial charge >= 0.3 is 0 Å². The topological polar surface area (TPSA) is 45.2 Å². The van der Waals surface area contributed by atoms with Crippen LogP contribution < -0.4 is 5.32 Å². The lowest BCUT2D eigenvalue weighted by Crippen LogP contribution is -2.35. The molecule has 0 aromatic carbocycles. The summed E-state index contributed by atoms with van der Waals surface area (Å²) in [6, 6.07) is 3.54. The van der Waals surface area contributed by atoms with Crippen LogP contribution in [0.1, 0.15) is 23.2 Å². The number of amides is 1. The lowest BCUT2D eigenvalue weighted by molar-refractivity contribution is 0.0929. The van der Waals surface area contributed by atoms with Crippen LogP contribution in [0.3, 0.4) is 0 Å². The third-order valence-electron chi connectivity index (χ3n) is 2.59. The number of nitrogens with one attached hydrogen (secondary N) is 1. The summed E-state index contributed by atoms with van der Waals surface area (Å²) in [5.41, 5.74) is 0.622. The normalized spacial score (nSPS) is 16.5. The highest BCUT2D eigenvalue weighted by molar-refractivity contribution is 5.93. The van der Waals surface area contributed by atoms with E-state index in [9.17, 15) is 4.79 Å². The molecule has 1 fully saturated rings. The van der Waals surface area contributed by atoms with Gasteiger partial charge < -0.3 is 5.32 Å². The molecule has 1 aliphatic rings. The van der Waals surface area contributed by atoms with Gasteiger partial charge in [0, 0.05) is 12.4 Å². The molecule has 0 spiro atoms. The zero-order chi connectivity index (χ0) is 10.5. The summed E-state index contributed by atoms with van der Waals surface area (Å²) in [6.07, 6.45) is 5.72. The Balaban J connectivity index is 1.82. The van der Waals surface area contributed by atoms with Crippen molar-refractivity contribution >= 4 is 5.91 Å². The van der Waals surface area contributed by atoms with Crippen LogP contribution in [0.15, 0.2) is 24.5 Å². The molecule has 1 saturated heterocycles. The Kier molecular flexibility index (Phi) is 3.29. The van der Waals surface area contributed by atoms with E-state index in [1.165, 1.54) is 12.8 Å². The lowest BCUT2D eigenvalue weighted by Gasteiger charge is -2.15. The van der Waals surface area contributed by atoms with Crippen molar-refractivity contribution in [3.8, 4) is 0 Å². The number of hydrogen-bond donors (Lipinski definition) is 1. The average molecular weight is 205 g/mol. The van der Waals surface area contributed by atoms with Gasteiger partial charge in [0.2, 0.25) is 0 Å². The molecule has 1 N–H and O–H groups in total. The standard InChI is InChI=1S/C11H15N3O/c15-11(10-4-3-5-12-8-10)13-9-14-6-1-2-7-14/h3-5,8H,1-2,6-7,9H2,(H,13,15). The Morgan fingerprint density at radius 2 is 2.27 bits per heavy atom. The monoisotopic (exact) mass is 205 g/mol. The number of nitrogens with zero attached hydrogens (tertiary/aromatic N) is 2. The van der Waals surface area contributed by atoms with Crippen LogP contribution in [-0.4, -0.2) is 35.5 Å². The van der Waals surface area contributed by atoms with Crippen molar-refractivity contribution in [2.45, 2.75) is 12.8 Å². The van der Waals surface area contributed by atoms with Gasteiger partial charge in [0.15, 0.2) is 0 Å². The summed E-state index contributed by atoms with van der Waals surface area (Å²) in [5, 5.41) is 2.89. The van der Waals surface area contributed by atoms with Crippen molar-refractivity contribution in [1.82, 2.24) is 15.2 Å². The molecule has 1 amide bonds. The van der Waals surface area contributed by atoms with E-state index in [2.05, 4.69) is 15.2 Å². The van der Waals surface area contributed by atoms with Crippen LogP contribution >= 0.6 is 0 Å². The summed E-state index contributed by atoms with van der Waals surface area (Å²) in [6.45, 7) is 2.83. The number of aromatic nitrogens is 1. The highest BCUT2D eigenvalue weighted by atomic mass is 16.1. The van der Waals surface area contributed by atoms with Gasteiger partial charge in [-0.05, 0) is 38.1 Å². The fourth-order valence-electron chi connectivity index (χ4n) is 1.72. The fraction of sp³-hybridized carbons (Fsp3) is 0.455. The Labute approximate surface area is 89.3 Å². The maximum Gasteiger partial charge on any atom is 0.253 e. The number of pyridine rings is 1. The maximum atomic E-state index is 11.6. The van der Waals surface area contributed by atoms with Gasteiger partial charge in [-0.15, -0.1) is 0 Å². The molecule has 2 rings (SSSR count). The molecule has 0 bridgehead atoms. The Hall–Kier alpha value is -1.42. The first-order valence-electron chi connectivity index (χ1n) is 5.27. The lowest BCUT2D eigenvalue weighted by atomic mass is 10.3. The minimum absolute atomic E-state index is 0.0463. The molecule has 80 valence electrons. The first-order chi connectivity index (χ1) is 7.36. The fourth-order valence-corrected chi connectivity index (χ4v) is 1.72. The Bertz CT molecular complexity index is 320. The van der Waals surface area contributed by atoms with Crippen molar-refractivity contribution in [2.24, 2.45) is 0 Å². The number of carbonyl (C=O) groups excluding carboxylic acids is 1. The summed E-state index contributed by atoms with van der Waals surface area (Å²) < 4.78 is 0. The van der Waals surface area contributed by atoms with Gasteiger partial charge in [0.1, 0.15) is 0 Å². The first kappa shape index (κ1) is 10.1. The van der Waals surface area contributed by atoms with Crippen LogP contribution in [0.4, 0.5) is 0 Å². The van der Waals surface area contributed by atoms with E-state index in [-0.39, 0.29) is 5.91 Å². The van der Waals surface area contributed by atoms with Gasteiger partial charge in [-0.25, -0.2) is 0 Å². The molecule has 0 saturated carbocycles. The molecule has 4 nitrogen and oxygen atoms in total. The molecule has 0 radical (unpaired) electrons. The molecule has 1 aliphatic heterocycles. The van der Waals surface area contributed by atoms with Gasteiger partial charge in [-0.3, -0.25) is 14.7 Å². The summed E-state index contributed by atoms with van der Waals surface area (Å²) >= 11 is 0. The zero-order valence-corrected chi connectivity index (χ0v) is 8.65. The molecule has 2 heterocycles. The molecule has 0 aliphatic carbocycles. The second-order valence-corrected chi connectivity index (χ2v) is 3.73. The third kappa shape index (κ3) is 2.76. The van der Waals surface area contributed by atoms with Crippen molar-refractivity contribution in [2.75, 3.05) is 19.8 Å². The second kappa shape index (κ2) is 4.89. The highest BCUT2D eigenvalue weighted by Gasteiger charge is 2.12. The van der Waals surface area contributed by atoms with E-state index in [1.54, 1.807) is 24.5 Å². The van der Waals surface area contributed by atoms with Crippen molar-refractivity contribution in [3.05, 3.63) is 30.1 Å². The smallest absolute Gasteiger partial charge is 0.253 e.